The van der Waals surface area contributed by atoms with E-state index in [0.29, 0.717) is 22.6 Å². The summed E-state index contributed by atoms with van der Waals surface area (Å²) in [6.45, 7) is 3.83. The lowest BCUT2D eigenvalue weighted by molar-refractivity contribution is -0.141. The number of nitrogens with zero attached hydrogens (tertiary/aromatic N) is 2. The molecule has 9 heteroatoms. The van der Waals surface area contributed by atoms with Crippen LogP contribution in [0.15, 0.2) is 60.8 Å². The van der Waals surface area contributed by atoms with E-state index in [0.717, 1.165) is 10.7 Å². The van der Waals surface area contributed by atoms with Crippen LogP contribution < -0.4 is 10.1 Å². The smallest absolute Gasteiger partial charge is 0.435 e. The molecule has 0 aliphatic rings. The number of benzene rings is 2. The van der Waals surface area contributed by atoms with Crippen LogP contribution in [-0.2, 0) is 6.18 Å². The van der Waals surface area contributed by atoms with Crippen LogP contribution in [0.25, 0.3) is 5.69 Å². The van der Waals surface area contributed by atoms with Gasteiger partial charge in [0.05, 0.1) is 17.9 Å². The van der Waals surface area contributed by atoms with Gasteiger partial charge in [0.1, 0.15) is 5.75 Å². The minimum absolute atomic E-state index is 0.000925. The number of hydrogen-bond donors (Lipinski definition) is 2. The lowest BCUT2D eigenvalue weighted by atomic mass is 10.1. The number of carbonyl (C=O) groups is 1. The number of alkyl halides is 3. The first-order chi connectivity index (χ1) is 14.6. The lowest BCUT2D eigenvalue weighted by Crippen LogP contribution is -2.28. The molecule has 2 N–H and O–H groups in total. The molecule has 3 aromatic rings. The number of carbonyl (C=O) groups excluding carboxylic acids is 1. The van der Waals surface area contributed by atoms with E-state index in [-0.39, 0.29) is 12.6 Å². The average Bonchev–Trinajstić information content (AvgIpc) is 3.23. The second-order valence-electron chi connectivity index (χ2n) is 7.15. The Bertz CT molecular complexity index is 1010. The highest BCUT2D eigenvalue weighted by atomic mass is 19.4. The molecule has 164 valence electrons. The molecule has 1 atom stereocenters. The molecule has 3 rings (SSSR count). The number of aromatic nitrogens is 2. The van der Waals surface area contributed by atoms with Gasteiger partial charge >= 0.3 is 6.18 Å². The third-order valence-electron chi connectivity index (χ3n) is 4.37. The van der Waals surface area contributed by atoms with Gasteiger partial charge in [-0.15, -0.1) is 0 Å². The van der Waals surface area contributed by atoms with Crippen LogP contribution in [0.4, 0.5) is 13.2 Å². The highest BCUT2D eigenvalue weighted by molar-refractivity contribution is 5.94. The van der Waals surface area contributed by atoms with Crippen LogP contribution >= 0.6 is 0 Å². The summed E-state index contributed by atoms with van der Waals surface area (Å²) in [6, 6.07) is 13.8. The number of ether oxygens (including phenoxy) is 1. The fourth-order valence-corrected chi connectivity index (χ4v) is 2.83. The maximum Gasteiger partial charge on any atom is 0.435 e. The van der Waals surface area contributed by atoms with E-state index in [9.17, 15) is 23.1 Å². The summed E-state index contributed by atoms with van der Waals surface area (Å²) < 4.78 is 44.7. The average molecular weight is 433 g/mol. The Hall–Kier alpha value is -3.33. The summed E-state index contributed by atoms with van der Waals surface area (Å²) in [6.07, 6.45) is -4.18. The Balaban J connectivity index is 1.57. The van der Waals surface area contributed by atoms with Crippen molar-refractivity contribution in [3.63, 3.8) is 0 Å². The van der Waals surface area contributed by atoms with Gasteiger partial charge in [-0.2, -0.15) is 18.3 Å². The second-order valence-corrected chi connectivity index (χ2v) is 7.15. The van der Waals surface area contributed by atoms with Crippen LogP contribution in [0.3, 0.4) is 0 Å². The molecule has 0 bridgehead atoms. The molecule has 2 aromatic carbocycles. The summed E-state index contributed by atoms with van der Waals surface area (Å²) >= 11 is 0. The quantitative estimate of drug-likeness (QED) is 0.587. The molecule has 0 saturated carbocycles. The molecular formula is C22H22F3N3O3. The number of amides is 1. The van der Waals surface area contributed by atoms with Crippen LogP contribution in [0, 0.1) is 0 Å². The number of rotatable bonds is 7. The molecule has 0 aliphatic carbocycles. The Morgan fingerprint density at radius 3 is 2.29 bits per heavy atom. The minimum Gasteiger partial charge on any atom is -0.491 e. The van der Waals surface area contributed by atoms with E-state index < -0.39 is 23.9 Å². The third-order valence-corrected chi connectivity index (χ3v) is 4.37. The maximum absolute atomic E-state index is 12.7. The monoisotopic (exact) mass is 433 g/mol. The number of aliphatic hydroxyl groups excluding tert-OH is 1. The van der Waals surface area contributed by atoms with Crippen molar-refractivity contribution in [1.82, 2.24) is 15.1 Å². The second kappa shape index (κ2) is 9.22. The first-order valence-corrected chi connectivity index (χ1v) is 9.59. The Morgan fingerprint density at radius 1 is 1.10 bits per heavy atom. The van der Waals surface area contributed by atoms with Crippen molar-refractivity contribution in [1.29, 1.82) is 0 Å². The van der Waals surface area contributed by atoms with Crippen LogP contribution in [0.1, 0.15) is 41.6 Å². The number of hydrogen-bond acceptors (Lipinski definition) is 4. The fraction of sp³-hybridized carbons (Fsp3) is 0.273. The van der Waals surface area contributed by atoms with Gasteiger partial charge in [-0.3, -0.25) is 4.79 Å². The van der Waals surface area contributed by atoms with E-state index in [1.807, 2.05) is 13.8 Å². The molecule has 6 nitrogen and oxygen atoms in total. The normalized spacial score (nSPS) is 12.6. The van der Waals surface area contributed by atoms with E-state index in [1.54, 1.807) is 24.3 Å². The van der Waals surface area contributed by atoms with Gasteiger partial charge in [0.15, 0.2) is 5.69 Å². The molecule has 1 aromatic heterocycles. The predicted molar refractivity (Wildman–Crippen MR) is 108 cm³/mol. The van der Waals surface area contributed by atoms with E-state index >= 15 is 0 Å². The Morgan fingerprint density at radius 2 is 1.74 bits per heavy atom. The molecule has 0 aliphatic heterocycles. The third kappa shape index (κ3) is 5.85. The molecule has 0 saturated heterocycles. The predicted octanol–water partition coefficient (Wildman–Crippen LogP) is 4.14. The molecule has 1 amide bonds. The zero-order valence-electron chi connectivity index (χ0n) is 16.9. The van der Waals surface area contributed by atoms with Gasteiger partial charge in [-0.25, -0.2) is 4.68 Å². The molecule has 0 spiro atoms. The van der Waals surface area contributed by atoms with Gasteiger partial charge in [0.25, 0.3) is 5.91 Å². The number of aliphatic hydroxyl groups is 1. The van der Waals surface area contributed by atoms with Crippen LogP contribution in [0.2, 0.25) is 0 Å². The summed E-state index contributed by atoms with van der Waals surface area (Å²) in [4.78, 5) is 12.3. The van der Waals surface area contributed by atoms with Gasteiger partial charge in [-0.05, 0) is 61.9 Å². The number of nitrogens with one attached hydrogen (secondary N) is 1. The minimum atomic E-state index is -4.52. The summed E-state index contributed by atoms with van der Waals surface area (Å²) in [7, 11) is 0. The molecule has 0 fully saturated rings. The lowest BCUT2D eigenvalue weighted by Gasteiger charge is -2.14. The SMILES string of the molecule is CC(C)Oc1ccc(C(O)CNC(=O)c2ccc(-n3ccc(C(F)(F)F)n3)cc2)cc1. The van der Waals surface area contributed by atoms with Crippen molar-refractivity contribution in [2.24, 2.45) is 0 Å². The fourth-order valence-electron chi connectivity index (χ4n) is 2.83. The van der Waals surface area contributed by atoms with Gasteiger partial charge in [0.2, 0.25) is 0 Å². The first-order valence-electron chi connectivity index (χ1n) is 9.59. The van der Waals surface area contributed by atoms with Gasteiger partial charge in [-0.1, -0.05) is 12.1 Å². The van der Waals surface area contributed by atoms with Crippen molar-refractivity contribution in [3.8, 4) is 11.4 Å². The molecule has 0 radical (unpaired) electrons. The van der Waals surface area contributed by atoms with Crippen molar-refractivity contribution in [2.75, 3.05) is 6.54 Å². The van der Waals surface area contributed by atoms with Gasteiger partial charge < -0.3 is 15.2 Å². The highest BCUT2D eigenvalue weighted by Gasteiger charge is 2.33. The summed E-state index contributed by atoms with van der Waals surface area (Å²) in [5, 5.41) is 16.4. The maximum atomic E-state index is 12.7. The van der Waals surface area contributed by atoms with Crippen LogP contribution in [0.5, 0.6) is 5.75 Å². The molecule has 31 heavy (non-hydrogen) atoms. The zero-order chi connectivity index (χ0) is 22.6. The topological polar surface area (TPSA) is 76.4 Å². The van der Waals surface area contributed by atoms with Crippen molar-refractivity contribution >= 4 is 5.91 Å². The molecule has 1 heterocycles. The first kappa shape index (κ1) is 22.4. The highest BCUT2D eigenvalue weighted by Crippen LogP contribution is 2.28. The van der Waals surface area contributed by atoms with Gasteiger partial charge in [0, 0.05) is 18.3 Å². The van der Waals surface area contributed by atoms with Crippen molar-refractivity contribution in [2.45, 2.75) is 32.2 Å². The van der Waals surface area contributed by atoms with Crippen LogP contribution in [-0.4, -0.2) is 33.4 Å². The molecule has 1 unspecified atom stereocenters. The Kier molecular flexibility index (Phi) is 6.65. The van der Waals surface area contributed by atoms with E-state index in [4.69, 9.17) is 4.74 Å². The van der Waals surface area contributed by atoms with E-state index in [1.165, 1.54) is 30.5 Å². The van der Waals surface area contributed by atoms with E-state index in [2.05, 4.69) is 10.4 Å². The Labute approximate surface area is 177 Å². The zero-order valence-corrected chi connectivity index (χ0v) is 16.9. The van der Waals surface area contributed by atoms with Crippen molar-refractivity contribution < 1.29 is 27.8 Å². The number of halogens is 3. The molecular weight excluding hydrogens is 411 g/mol. The van der Waals surface area contributed by atoms with Crippen molar-refractivity contribution in [3.05, 3.63) is 77.6 Å². The standard InChI is InChI=1S/C22H22F3N3O3/c1-14(2)31-18-9-5-15(6-10-18)19(29)13-26-21(30)16-3-7-17(8-4-16)28-12-11-20(27-28)22(23,24)25/h3-12,14,19,29H,13H2,1-2H3,(H,26,30). The summed E-state index contributed by atoms with van der Waals surface area (Å²) in [5.74, 6) is 0.274. The summed E-state index contributed by atoms with van der Waals surface area (Å²) in [5.41, 5.74) is 0.327. The largest absolute Gasteiger partial charge is 0.491 e.